The fraction of sp³-hybridized carbons (Fsp3) is 0.105. The van der Waals surface area contributed by atoms with E-state index in [0.29, 0.717) is 5.82 Å². The predicted molar refractivity (Wildman–Crippen MR) is 247 cm³/mol. The SMILES string of the molecule is c1ccc(-c2nc(-c3ccc(-c4ccc(-c5ccc(-c6cccc7c6C6(CCCCC6)c6ccccc6-7)cc5)cc4)cc3)cc(-c3ccc(-c4cccnc4)cc3)n2)cc1. The highest BCUT2D eigenvalue weighted by molar-refractivity contribution is 5.89. The second-order valence-electron chi connectivity index (χ2n) is 16.3. The van der Waals surface area contributed by atoms with Gasteiger partial charge in [-0.1, -0.05) is 195 Å². The molecule has 0 atom stereocenters. The highest BCUT2D eigenvalue weighted by Gasteiger charge is 2.45. The third-order valence-electron chi connectivity index (χ3n) is 12.8. The lowest BCUT2D eigenvalue weighted by Gasteiger charge is -2.37. The molecular weight excluding hydrogens is 727 g/mol. The van der Waals surface area contributed by atoms with Crippen LogP contribution in [-0.4, -0.2) is 15.0 Å². The Morgan fingerprint density at radius 1 is 0.350 bits per heavy atom. The molecule has 0 radical (unpaired) electrons. The maximum atomic E-state index is 5.07. The summed E-state index contributed by atoms with van der Waals surface area (Å²) in [5.41, 5.74) is 20.6. The molecule has 1 fully saturated rings. The molecule has 0 unspecified atom stereocenters. The van der Waals surface area contributed by atoms with E-state index in [2.05, 4.69) is 169 Å². The zero-order chi connectivity index (χ0) is 39.9. The molecule has 7 aromatic carbocycles. The Balaban J connectivity index is 0.854. The zero-order valence-electron chi connectivity index (χ0n) is 33.4. The van der Waals surface area contributed by atoms with Crippen molar-refractivity contribution in [1.29, 1.82) is 0 Å². The smallest absolute Gasteiger partial charge is 0.160 e. The topological polar surface area (TPSA) is 38.7 Å². The Morgan fingerprint density at radius 3 is 1.42 bits per heavy atom. The van der Waals surface area contributed by atoms with Crippen LogP contribution in [0, 0.1) is 0 Å². The summed E-state index contributed by atoms with van der Waals surface area (Å²) >= 11 is 0. The third-order valence-corrected chi connectivity index (χ3v) is 12.8. The third kappa shape index (κ3) is 6.44. The van der Waals surface area contributed by atoms with Crippen LogP contribution >= 0.6 is 0 Å². The van der Waals surface area contributed by atoms with Crippen LogP contribution in [0.25, 0.3) is 89.5 Å². The van der Waals surface area contributed by atoms with E-state index < -0.39 is 0 Å². The van der Waals surface area contributed by atoms with E-state index >= 15 is 0 Å². The largest absolute Gasteiger partial charge is 0.264 e. The number of rotatable bonds is 7. The van der Waals surface area contributed by atoms with Crippen molar-refractivity contribution in [3.63, 3.8) is 0 Å². The summed E-state index contributed by atoms with van der Waals surface area (Å²) in [6.07, 6.45) is 10.1. The van der Waals surface area contributed by atoms with E-state index in [9.17, 15) is 0 Å². The molecule has 11 rings (SSSR count). The van der Waals surface area contributed by atoms with E-state index in [-0.39, 0.29) is 5.41 Å². The molecule has 0 aliphatic heterocycles. The average molecular weight is 770 g/mol. The fourth-order valence-corrected chi connectivity index (χ4v) is 9.83. The first-order valence-corrected chi connectivity index (χ1v) is 21.2. The monoisotopic (exact) mass is 769 g/mol. The Kier molecular flexibility index (Phi) is 9.08. The maximum Gasteiger partial charge on any atom is 0.160 e. The van der Waals surface area contributed by atoms with Gasteiger partial charge in [0.15, 0.2) is 5.82 Å². The molecule has 1 saturated carbocycles. The van der Waals surface area contributed by atoms with Crippen LogP contribution in [0.2, 0.25) is 0 Å². The van der Waals surface area contributed by atoms with Crippen molar-refractivity contribution in [2.75, 3.05) is 0 Å². The molecule has 2 heterocycles. The van der Waals surface area contributed by atoms with Crippen molar-refractivity contribution in [3.8, 4) is 89.5 Å². The molecule has 3 nitrogen and oxygen atoms in total. The van der Waals surface area contributed by atoms with E-state index in [0.717, 1.165) is 39.2 Å². The molecule has 2 aromatic heterocycles. The van der Waals surface area contributed by atoms with E-state index in [4.69, 9.17) is 9.97 Å². The lowest BCUT2D eigenvalue weighted by Crippen LogP contribution is -2.28. The molecule has 3 heteroatoms. The van der Waals surface area contributed by atoms with Gasteiger partial charge in [0.25, 0.3) is 0 Å². The standard InChI is InChI=1S/C57H43N3/c1-3-11-47(12-4-1)56-59-53(37-54(60-56)46-32-26-43(27-33-46)48-13-10-36-58-38-48)45-30-24-42(25-31-45)40-20-18-39(19-21-40)41-22-28-44(29-23-41)49-15-9-16-51-50-14-5-6-17-52(50)57(55(49)51)34-7-2-8-35-57/h1,3-6,9-33,36-38H,2,7-8,34-35H2. The molecule has 0 bridgehead atoms. The molecule has 1 spiro atoms. The van der Waals surface area contributed by atoms with Gasteiger partial charge in [-0.25, -0.2) is 9.97 Å². The molecule has 286 valence electrons. The Bertz CT molecular complexity index is 2950. The van der Waals surface area contributed by atoms with Gasteiger partial charge in [-0.15, -0.1) is 0 Å². The molecule has 9 aromatic rings. The van der Waals surface area contributed by atoms with Crippen LogP contribution in [0.3, 0.4) is 0 Å². The summed E-state index contributed by atoms with van der Waals surface area (Å²) in [5.74, 6) is 0.707. The van der Waals surface area contributed by atoms with Gasteiger partial charge in [0, 0.05) is 34.5 Å². The van der Waals surface area contributed by atoms with Crippen molar-refractivity contribution < 1.29 is 0 Å². The van der Waals surface area contributed by atoms with Crippen LogP contribution in [0.15, 0.2) is 200 Å². The Morgan fingerprint density at radius 2 is 0.833 bits per heavy atom. The fourth-order valence-electron chi connectivity index (χ4n) is 9.83. The van der Waals surface area contributed by atoms with E-state index in [1.165, 1.54) is 76.6 Å². The number of fused-ring (bicyclic) bond motifs is 5. The van der Waals surface area contributed by atoms with Gasteiger partial charge in [0.1, 0.15) is 0 Å². The minimum atomic E-state index is 0.130. The second-order valence-corrected chi connectivity index (χ2v) is 16.3. The molecule has 2 aliphatic rings. The summed E-state index contributed by atoms with van der Waals surface area (Å²) in [6, 6.07) is 67.9. The summed E-state index contributed by atoms with van der Waals surface area (Å²) < 4.78 is 0. The van der Waals surface area contributed by atoms with Crippen molar-refractivity contribution >= 4 is 0 Å². The minimum absolute atomic E-state index is 0.130. The first-order chi connectivity index (χ1) is 29.7. The van der Waals surface area contributed by atoms with Crippen molar-refractivity contribution in [1.82, 2.24) is 15.0 Å². The van der Waals surface area contributed by atoms with Gasteiger partial charge in [0.05, 0.1) is 11.4 Å². The minimum Gasteiger partial charge on any atom is -0.264 e. The summed E-state index contributed by atoms with van der Waals surface area (Å²) in [7, 11) is 0. The van der Waals surface area contributed by atoms with Gasteiger partial charge in [-0.3, -0.25) is 4.98 Å². The van der Waals surface area contributed by atoms with Gasteiger partial charge >= 0.3 is 0 Å². The van der Waals surface area contributed by atoms with Gasteiger partial charge in [-0.2, -0.15) is 0 Å². The zero-order valence-corrected chi connectivity index (χ0v) is 33.4. The number of benzene rings is 7. The highest BCUT2D eigenvalue weighted by atomic mass is 14.9. The summed E-state index contributed by atoms with van der Waals surface area (Å²) in [5, 5.41) is 0. The summed E-state index contributed by atoms with van der Waals surface area (Å²) in [6.45, 7) is 0. The molecule has 60 heavy (non-hydrogen) atoms. The predicted octanol–water partition coefficient (Wildman–Crippen LogP) is 14.8. The van der Waals surface area contributed by atoms with E-state index in [1.54, 1.807) is 17.3 Å². The molecule has 0 N–H and O–H groups in total. The normalized spacial score (nSPS) is 13.8. The second kappa shape index (κ2) is 15.2. The number of nitrogens with zero attached hydrogens (tertiary/aromatic N) is 3. The lowest BCUT2D eigenvalue weighted by atomic mass is 9.66. The van der Waals surface area contributed by atoms with Gasteiger partial charge < -0.3 is 0 Å². The molecular formula is C57H43N3. The number of pyridine rings is 1. The van der Waals surface area contributed by atoms with Crippen molar-refractivity contribution in [2.24, 2.45) is 0 Å². The quantitative estimate of drug-likeness (QED) is 0.162. The lowest BCUT2D eigenvalue weighted by molar-refractivity contribution is 0.353. The highest BCUT2D eigenvalue weighted by Crippen LogP contribution is 2.58. The Labute approximate surface area is 352 Å². The molecule has 0 amide bonds. The van der Waals surface area contributed by atoms with Gasteiger partial charge in [-0.05, 0) is 91.7 Å². The number of aromatic nitrogens is 3. The van der Waals surface area contributed by atoms with Gasteiger partial charge in [0.2, 0.25) is 0 Å². The number of hydrogen-bond donors (Lipinski definition) is 0. The van der Waals surface area contributed by atoms with E-state index in [1.807, 2.05) is 30.5 Å². The first-order valence-electron chi connectivity index (χ1n) is 21.2. The Hall–Kier alpha value is -7.23. The molecule has 2 aliphatic carbocycles. The van der Waals surface area contributed by atoms with Crippen LogP contribution in [0.1, 0.15) is 43.2 Å². The van der Waals surface area contributed by atoms with Crippen molar-refractivity contribution in [2.45, 2.75) is 37.5 Å². The first kappa shape index (κ1) is 35.9. The van der Waals surface area contributed by atoms with Crippen LogP contribution in [-0.2, 0) is 5.41 Å². The number of hydrogen-bond acceptors (Lipinski definition) is 3. The average Bonchev–Trinajstić information content (AvgIpc) is 3.61. The van der Waals surface area contributed by atoms with Crippen LogP contribution in [0.4, 0.5) is 0 Å². The maximum absolute atomic E-state index is 5.07. The molecule has 0 saturated heterocycles. The summed E-state index contributed by atoms with van der Waals surface area (Å²) in [4.78, 5) is 14.4. The van der Waals surface area contributed by atoms with Crippen molar-refractivity contribution in [3.05, 3.63) is 212 Å². The van der Waals surface area contributed by atoms with Crippen LogP contribution in [0.5, 0.6) is 0 Å². The van der Waals surface area contributed by atoms with Crippen LogP contribution < -0.4 is 0 Å².